The van der Waals surface area contributed by atoms with E-state index in [9.17, 15) is 14.4 Å². The van der Waals surface area contributed by atoms with E-state index in [0.717, 1.165) is 22.7 Å². The minimum atomic E-state index is -1.16. The summed E-state index contributed by atoms with van der Waals surface area (Å²) in [5.74, 6) is 0.834. The van der Waals surface area contributed by atoms with Crippen molar-refractivity contribution >= 4 is 30.5 Å². The highest BCUT2D eigenvalue weighted by Gasteiger charge is 2.48. The van der Waals surface area contributed by atoms with Gasteiger partial charge in [-0.25, -0.2) is 4.79 Å². The van der Waals surface area contributed by atoms with Crippen LogP contribution in [0.25, 0.3) is 0 Å². The molecule has 4 fully saturated rings. The van der Waals surface area contributed by atoms with E-state index in [1.807, 2.05) is 13.8 Å². The third-order valence-electron chi connectivity index (χ3n) is 6.91. The average molecular weight is 457 g/mol. The maximum atomic E-state index is 12.3. The fourth-order valence-electron chi connectivity index (χ4n) is 5.96. The zero-order valence-electron chi connectivity index (χ0n) is 19.4. The van der Waals surface area contributed by atoms with E-state index in [0.29, 0.717) is 12.0 Å². The summed E-state index contributed by atoms with van der Waals surface area (Å²) in [6, 6.07) is -0.883. The van der Waals surface area contributed by atoms with Crippen LogP contribution in [0.1, 0.15) is 65.7 Å². The topological polar surface area (TPSA) is 110 Å². The predicted octanol–water partition coefficient (Wildman–Crippen LogP) is 2.97. The van der Waals surface area contributed by atoms with Crippen molar-refractivity contribution in [2.75, 3.05) is 19.4 Å². The second kappa shape index (κ2) is 11.0. The zero-order chi connectivity index (χ0) is 23.3. The van der Waals surface area contributed by atoms with Gasteiger partial charge in [-0.1, -0.05) is 20.8 Å². The quantitative estimate of drug-likeness (QED) is 0.383. The molecule has 0 heterocycles. The molecule has 0 spiro atoms. The molecular formula is C23H40N2O5S. The van der Waals surface area contributed by atoms with Gasteiger partial charge in [0, 0.05) is 17.2 Å². The molecule has 0 saturated heterocycles. The molecule has 31 heavy (non-hydrogen) atoms. The van der Waals surface area contributed by atoms with Gasteiger partial charge in [-0.15, -0.1) is 0 Å². The van der Waals surface area contributed by atoms with Crippen molar-refractivity contribution in [1.29, 1.82) is 0 Å². The number of nitrogens with two attached hydrogens (primary N) is 1. The Morgan fingerprint density at radius 3 is 1.90 bits per heavy atom. The molecule has 4 rings (SSSR count). The summed E-state index contributed by atoms with van der Waals surface area (Å²) >= 11 is 4.04. The maximum Gasteiger partial charge on any atom is 0.328 e. The van der Waals surface area contributed by atoms with Gasteiger partial charge in [0.2, 0.25) is 5.91 Å². The van der Waals surface area contributed by atoms with Crippen molar-refractivity contribution in [3.05, 3.63) is 0 Å². The number of hydrogen-bond donors (Lipinski definition) is 3. The van der Waals surface area contributed by atoms with Crippen LogP contribution in [0, 0.1) is 29.6 Å². The maximum absolute atomic E-state index is 12.3. The van der Waals surface area contributed by atoms with Crippen molar-refractivity contribution < 1.29 is 24.2 Å². The van der Waals surface area contributed by atoms with Gasteiger partial charge < -0.3 is 20.5 Å². The van der Waals surface area contributed by atoms with Crippen molar-refractivity contribution in [1.82, 2.24) is 4.90 Å². The number of rotatable bonds is 8. The molecule has 3 N–H and O–H groups in total. The molecule has 0 aliphatic heterocycles. The normalized spacial score (nSPS) is 30.2. The molecule has 4 saturated carbocycles. The minimum Gasteiger partial charge on any atom is -0.480 e. The summed E-state index contributed by atoms with van der Waals surface area (Å²) in [6.45, 7) is 4.90. The van der Waals surface area contributed by atoms with Crippen LogP contribution in [-0.4, -0.2) is 58.8 Å². The molecule has 0 aromatic heterocycles. The van der Waals surface area contributed by atoms with Gasteiger partial charge in [0.05, 0.1) is 7.11 Å². The van der Waals surface area contributed by atoms with Crippen LogP contribution >= 0.6 is 12.6 Å². The molecule has 0 unspecified atom stereocenters. The zero-order valence-corrected chi connectivity index (χ0v) is 20.3. The largest absolute Gasteiger partial charge is 0.480 e. The van der Waals surface area contributed by atoms with Gasteiger partial charge in [0.15, 0.2) is 0 Å². The van der Waals surface area contributed by atoms with Crippen LogP contribution in [0.15, 0.2) is 0 Å². The SMILES string of the molecule is COC(=O)[C@@H](CC(C)C)N(CC(=O)O)C(=O)[C@H](C)CS.NC12CC3CC(CC(C3)C1)C2. The van der Waals surface area contributed by atoms with Gasteiger partial charge in [-0.2, -0.15) is 12.6 Å². The number of carboxylic acids is 1. The number of esters is 1. The number of carbonyl (C=O) groups excluding carboxylic acids is 2. The molecule has 0 radical (unpaired) electrons. The highest BCUT2D eigenvalue weighted by molar-refractivity contribution is 7.80. The van der Waals surface area contributed by atoms with Crippen LogP contribution in [0.5, 0.6) is 0 Å². The Kier molecular flexibility index (Phi) is 9.25. The molecule has 178 valence electrons. The lowest BCUT2D eigenvalue weighted by Crippen LogP contribution is -2.55. The first-order valence-electron chi connectivity index (χ1n) is 11.5. The summed E-state index contributed by atoms with van der Waals surface area (Å²) in [5.41, 5.74) is 6.62. The predicted molar refractivity (Wildman–Crippen MR) is 123 cm³/mol. The first-order valence-corrected chi connectivity index (χ1v) is 12.1. The van der Waals surface area contributed by atoms with Crippen molar-refractivity contribution in [2.24, 2.45) is 35.3 Å². The molecular weight excluding hydrogens is 416 g/mol. The highest BCUT2D eigenvalue weighted by atomic mass is 32.1. The lowest BCUT2D eigenvalue weighted by Gasteiger charge is -2.55. The van der Waals surface area contributed by atoms with E-state index in [-0.39, 0.29) is 11.7 Å². The van der Waals surface area contributed by atoms with Crippen molar-refractivity contribution in [2.45, 2.75) is 77.3 Å². The third-order valence-corrected chi connectivity index (χ3v) is 7.46. The molecule has 2 atom stereocenters. The van der Waals surface area contributed by atoms with Crippen LogP contribution in [0.4, 0.5) is 0 Å². The Morgan fingerprint density at radius 2 is 1.58 bits per heavy atom. The number of hydrogen-bond acceptors (Lipinski definition) is 6. The molecule has 7 nitrogen and oxygen atoms in total. The van der Waals surface area contributed by atoms with E-state index < -0.39 is 36.4 Å². The lowest BCUT2D eigenvalue weighted by molar-refractivity contribution is -0.158. The Balaban J connectivity index is 0.000000254. The van der Waals surface area contributed by atoms with E-state index in [2.05, 4.69) is 12.6 Å². The lowest BCUT2D eigenvalue weighted by atomic mass is 9.53. The van der Waals surface area contributed by atoms with Gasteiger partial charge in [-0.05, 0) is 68.6 Å². The number of carboxylic acid groups (broad SMARTS) is 1. The number of carbonyl (C=O) groups is 3. The Morgan fingerprint density at radius 1 is 1.10 bits per heavy atom. The van der Waals surface area contributed by atoms with E-state index in [1.165, 1.54) is 45.6 Å². The smallest absolute Gasteiger partial charge is 0.328 e. The fourth-order valence-corrected chi connectivity index (χ4v) is 6.12. The second-order valence-corrected chi connectivity index (χ2v) is 10.8. The molecule has 0 aromatic rings. The fraction of sp³-hybridized carbons (Fsp3) is 0.870. The molecule has 4 bridgehead atoms. The Labute approximate surface area is 191 Å². The molecule has 1 amide bonds. The number of amides is 1. The van der Waals surface area contributed by atoms with Crippen molar-refractivity contribution in [3.63, 3.8) is 0 Å². The van der Waals surface area contributed by atoms with Crippen LogP contribution < -0.4 is 5.73 Å². The number of ether oxygens (including phenoxy) is 1. The van der Waals surface area contributed by atoms with Crippen molar-refractivity contribution in [3.8, 4) is 0 Å². The van der Waals surface area contributed by atoms with E-state index in [4.69, 9.17) is 15.6 Å². The van der Waals surface area contributed by atoms with E-state index >= 15 is 0 Å². The van der Waals surface area contributed by atoms with Crippen LogP contribution in [-0.2, 0) is 19.1 Å². The van der Waals surface area contributed by atoms with E-state index in [1.54, 1.807) is 6.92 Å². The number of methoxy groups -OCH3 is 1. The van der Waals surface area contributed by atoms with Gasteiger partial charge in [-0.3, -0.25) is 9.59 Å². The molecule has 4 aliphatic rings. The molecule has 8 heteroatoms. The monoisotopic (exact) mass is 456 g/mol. The number of thiol groups is 1. The second-order valence-electron chi connectivity index (χ2n) is 10.4. The van der Waals surface area contributed by atoms with Gasteiger partial charge in [0.1, 0.15) is 12.6 Å². The summed E-state index contributed by atoms with van der Waals surface area (Å²) in [6.07, 6.45) is 8.92. The third kappa shape index (κ3) is 7.11. The number of aliphatic carboxylic acids is 1. The Hall–Kier alpha value is -1.28. The molecule has 0 aromatic carbocycles. The average Bonchev–Trinajstić information content (AvgIpc) is 2.67. The van der Waals surface area contributed by atoms with Crippen LogP contribution in [0.2, 0.25) is 0 Å². The summed E-state index contributed by atoms with van der Waals surface area (Å²) in [4.78, 5) is 36.2. The van der Waals surface area contributed by atoms with Crippen LogP contribution in [0.3, 0.4) is 0 Å². The standard InChI is InChI=1S/C13H23NO5S.C10H17N/c1-8(2)5-10(13(18)19-4)14(6-11(15)16)12(17)9(3)7-20;11-10-4-7-1-8(5-10)3-9(2-7)6-10/h8-10,20H,5-7H2,1-4H3,(H,15,16);7-9H,1-6,11H2/t9-,10-;/m1./s1. The summed E-state index contributed by atoms with van der Waals surface area (Å²) < 4.78 is 4.69. The number of nitrogens with zero attached hydrogens (tertiary/aromatic N) is 1. The summed E-state index contributed by atoms with van der Waals surface area (Å²) in [5, 5.41) is 8.96. The first-order chi connectivity index (χ1) is 14.5. The Bertz CT molecular complexity index is 619. The summed E-state index contributed by atoms with van der Waals surface area (Å²) in [7, 11) is 1.22. The van der Waals surface area contributed by atoms with Gasteiger partial charge in [0.25, 0.3) is 0 Å². The first kappa shape index (κ1) is 26.0. The van der Waals surface area contributed by atoms with Gasteiger partial charge >= 0.3 is 11.9 Å². The highest BCUT2D eigenvalue weighted by Crippen LogP contribution is 2.54. The minimum absolute atomic E-state index is 0.120. The molecule has 4 aliphatic carbocycles.